The summed E-state index contributed by atoms with van der Waals surface area (Å²) in [6.45, 7) is 2.81. The molecule has 28 heavy (non-hydrogen) atoms. The van der Waals surface area contributed by atoms with Crippen LogP contribution in [0.5, 0.6) is 5.75 Å². The molecule has 142 valence electrons. The molecule has 1 aliphatic heterocycles. The first-order chi connectivity index (χ1) is 13.7. The van der Waals surface area contributed by atoms with Gasteiger partial charge in [-0.2, -0.15) is 0 Å². The van der Waals surface area contributed by atoms with E-state index in [2.05, 4.69) is 28.3 Å². The molecule has 0 bridgehead atoms. The van der Waals surface area contributed by atoms with Gasteiger partial charge in [0.1, 0.15) is 5.75 Å². The third-order valence-corrected chi connectivity index (χ3v) is 5.75. The van der Waals surface area contributed by atoms with Gasteiger partial charge in [-0.25, -0.2) is 9.97 Å². The SMILES string of the molecule is COc1c(-c2nccc(-c3cc4c([nH]3)CCNC4=O)n2)cc(C)c2c1CCC2. The highest BCUT2D eigenvalue weighted by Gasteiger charge is 2.24. The van der Waals surface area contributed by atoms with E-state index >= 15 is 0 Å². The Kier molecular flexibility index (Phi) is 3.93. The van der Waals surface area contributed by atoms with E-state index in [1.54, 1.807) is 13.3 Å². The third kappa shape index (κ3) is 2.59. The van der Waals surface area contributed by atoms with Crippen molar-refractivity contribution in [3.63, 3.8) is 0 Å². The summed E-state index contributed by atoms with van der Waals surface area (Å²) in [6, 6.07) is 5.88. The lowest BCUT2D eigenvalue weighted by Gasteiger charge is -2.15. The predicted molar refractivity (Wildman–Crippen MR) is 107 cm³/mol. The molecule has 2 N–H and O–H groups in total. The lowest BCUT2D eigenvalue weighted by molar-refractivity contribution is 0.0946. The molecule has 0 saturated carbocycles. The fraction of sp³-hybridized carbons (Fsp3) is 0.318. The summed E-state index contributed by atoms with van der Waals surface area (Å²) in [4.78, 5) is 24.8. The Morgan fingerprint density at radius 2 is 1.96 bits per heavy atom. The van der Waals surface area contributed by atoms with E-state index in [1.165, 1.54) is 16.7 Å². The highest BCUT2D eigenvalue weighted by Crippen LogP contribution is 2.40. The number of carbonyl (C=O) groups is 1. The first kappa shape index (κ1) is 17.0. The Balaban J connectivity index is 1.61. The largest absolute Gasteiger partial charge is 0.496 e. The highest BCUT2D eigenvalue weighted by atomic mass is 16.5. The van der Waals surface area contributed by atoms with Crippen molar-refractivity contribution in [2.24, 2.45) is 0 Å². The van der Waals surface area contributed by atoms with Crippen LogP contribution < -0.4 is 10.1 Å². The van der Waals surface area contributed by atoms with Crippen molar-refractivity contribution in [1.82, 2.24) is 20.3 Å². The van der Waals surface area contributed by atoms with Crippen LogP contribution in [-0.4, -0.2) is 34.5 Å². The van der Waals surface area contributed by atoms with Gasteiger partial charge in [-0.15, -0.1) is 0 Å². The second-order valence-electron chi connectivity index (χ2n) is 7.43. The van der Waals surface area contributed by atoms with Gasteiger partial charge in [-0.05, 0) is 61.1 Å². The first-order valence-electron chi connectivity index (χ1n) is 9.69. The molecule has 2 aromatic heterocycles. The Labute approximate surface area is 163 Å². The minimum atomic E-state index is -0.0334. The maximum atomic E-state index is 12.1. The molecule has 5 rings (SSSR count). The standard InChI is InChI=1S/C22H22N4O2/c1-12-10-16(20(28-2)14-5-3-4-13(12)14)21-23-8-7-18(26-21)19-11-15-17(25-19)6-9-24-22(15)27/h7-8,10-11,25H,3-6,9H2,1-2H3,(H,24,27). The number of nitrogens with one attached hydrogen (secondary N) is 2. The number of aromatic nitrogens is 3. The lowest BCUT2D eigenvalue weighted by atomic mass is 9.98. The van der Waals surface area contributed by atoms with E-state index in [-0.39, 0.29) is 5.91 Å². The molecule has 1 amide bonds. The summed E-state index contributed by atoms with van der Waals surface area (Å²) in [7, 11) is 1.72. The molecule has 0 spiro atoms. The summed E-state index contributed by atoms with van der Waals surface area (Å²) in [5.41, 5.74) is 8.16. The van der Waals surface area contributed by atoms with Crippen molar-refractivity contribution in [2.45, 2.75) is 32.6 Å². The zero-order valence-corrected chi connectivity index (χ0v) is 16.1. The van der Waals surface area contributed by atoms with Crippen LogP contribution in [0.3, 0.4) is 0 Å². The van der Waals surface area contributed by atoms with Gasteiger partial charge in [0.05, 0.1) is 29.6 Å². The topological polar surface area (TPSA) is 79.9 Å². The molecule has 2 aliphatic rings. The molecular weight excluding hydrogens is 352 g/mol. The van der Waals surface area contributed by atoms with E-state index in [0.717, 1.165) is 54.1 Å². The first-order valence-corrected chi connectivity index (χ1v) is 9.69. The van der Waals surface area contributed by atoms with Crippen LogP contribution in [0.15, 0.2) is 24.4 Å². The average Bonchev–Trinajstić information content (AvgIpc) is 3.36. The number of hydrogen-bond donors (Lipinski definition) is 2. The maximum Gasteiger partial charge on any atom is 0.253 e. The molecule has 6 heteroatoms. The molecule has 6 nitrogen and oxygen atoms in total. The second-order valence-corrected chi connectivity index (χ2v) is 7.43. The Morgan fingerprint density at radius 3 is 2.79 bits per heavy atom. The van der Waals surface area contributed by atoms with Gasteiger partial charge >= 0.3 is 0 Å². The molecule has 1 aromatic carbocycles. The number of benzene rings is 1. The van der Waals surface area contributed by atoms with E-state index in [1.807, 2.05) is 12.1 Å². The van der Waals surface area contributed by atoms with Crippen molar-refractivity contribution in [3.05, 3.63) is 52.3 Å². The Hall–Kier alpha value is -3.15. The van der Waals surface area contributed by atoms with Crippen LogP contribution in [0.4, 0.5) is 0 Å². The monoisotopic (exact) mass is 374 g/mol. The number of amides is 1. The molecule has 1 aliphatic carbocycles. The fourth-order valence-electron chi connectivity index (χ4n) is 4.43. The predicted octanol–water partition coefficient (Wildman–Crippen LogP) is 3.23. The summed E-state index contributed by atoms with van der Waals surface area (Å²) in [5.74, 6) is 1.50. The van der Waals surface area contributed by atoms with Gasteiger partial charge in [0.15, 0.2) is 5.82 Å². The van der Waals surface area contributed by atoms with Gasteiger partial charge in [0.25, 0.3) is 5.91 Å². The summed E-state index contributed by atoms with van der Waals surface area (Å²) >= 11 is 0. The molecule has 0 radical (unpaired) electrons. The number of aromatic amines is 1. The van der Waals surface area contributed by atoms with Crippen LogP contribution in [0.2, 0.25) is 0 Å². The fourth-order valence-corrected chi connectivity index (χ4v) is 4.43. The number of aryl methyl sites for hydroxylation is 1. The molecule has 3 aromatic rings. The molecular formula is C22H22N4O2. The maximum absolute atomic E-state index is 12.1. The van der Waals surface area contributed by atoms with Crippen LogP contribution in [-0.2, 0) is 19.3 Å². The number of H-pyrrole nitrogens is 1. The highest BCUT2D eigenvalue weighted by molar-refractivity contribution is 5.97. The molecule has 0 fully saturated rings. The quantitative estimate of drug-likeness (QED) is 0.738. The molecule has 0 unspecified atom stereocenters. The van der Waals surface area contributed by atoms with E-state index in [9.17, 15) is 4.79 Å². The lowest BCUT2D eigenvalue weighted by Crippen LogP contribution is -2.31. The summed E-state index contributed by atoms with van der Waals surface area (Å²) in [6.07, 6.45) is 5.86. The van der Waals surface area contributed by atoms with Crippen LogP contribution in [0, 0.1) is 6.92 Å². The number of carbonyl (C=O) groups excluding carboxylic acids is 1. The van der Waals surface area contributed by atoms with E-state index in [4.69, 9.17) is 9.72 Å². The minimum Gasteiger partial charge on any atom is -0.496 e. The van der Waals surface area contributed by atoms with Gasteiger partial charge in [-0.3, -0.25) is 4.79 Å². The summed E-state index contributed by atoms with van der Waals surface area (Å²) in [5, 5.41) is 2.88. The van der Waals surface area contributed by atoms with Crippen LogP contribution in [0.1, 0.15) is 39.2 Å². The number of fused-ring (bicyclic) bond motifs is 2. The zero-order chi connectivity index (χ0) is 19.3. The van der Waals surface area contributed by atoms with Crippen molar-refractivity contribution < 1.29 is 9.53 Å². The minimum absolute atomic E-state index is 0.0334. The van der Waals surface area contributed by atoms with Crippen molar-refractivity contribution in [3.8, 4) is 28.5 Å². The van der Waals surface area contributed by atoms with Crippen molar-refractivity contribution >= 4 is 5.91 Å². The number of hydrogen-bond acceptors (Lipinski definition) is 4. The second kappa shape index (κ2) is 6.48. The molecule has 3 heterocycles. The molecule has 0 saturated heterocycles. The van der Waals surface area contributed by atoms with Gasteiger partial charge in [-0.1, -0.05) is 0 Å². The van der Waals surface area contributed by atoms with Gasteiger partial charge in [0, 0.05) is 24.9 Å². The van der Waals surface area contributed by atoms with Crippen LogP contribution >= 0.6 is 0 Å². The van der Waals surface area contributed by atoms with Crippen molar-refractivity contribution in [2.75, 3.05) is 13.7 Å². The van der Waals surface area contributed by atoms with Crippen LogP contribution in [0.25, 0.3) is 22.8 Å². The van der Waals surface area contributed by atoms with Crippen molar-refractivity contribution in [1.29, 1.82) is 0 Å². The zero-order valence-electron chi connectivity index (χ0n) is 16.1. The third-order valence-electron chi connectivity index (χ3n) is 5.75. The average molecular weight is 374 g/mol. The van der Waals surface area contributed by atoms with Gasteiger partial charge < -0.3 is 15.0 Å². The smallest absolute Gasteiger partial charge is 0.253 e. The Morgan fingerprint density at radius 1 is 1.11 bits per heavy atom. The Bertz CT molecular complexity index is 1100. The molecule has 0 atom stereocenters. The number of ether oxygens (including phenoxy) is 1. The number of methoxy groups -OCH3 is 1. The van der Waals surface area contributed by atoms with E-state index in [0.29, 0.717) is 17.9 Å². The normalized spacial score (nSPS) is 15.1. The number of nitrogens with zero attached hydrogens (tertiary/aromatic N) is 2. The summed E-state index contributed by atoms with van der Waals surface area (Å²) < 4.78 is 5.78. The number of rotatable bonds is 3. The van der Waals surface area contributed by atoms with Gasteiger partial charge in [0.2, 0.25) is 0 Å². The van der Waals surface area contributed by atoms with E-state index < -0.39 is 0 Å².